The van der Waals surface area contributed by atoms with Crippen molar-refractivity contribution >= 4 is 0 Å². The molecule has 1 aromatic carbocycles. The molecular weight excluding hydrogens is 310 g/mol. The third kappa shape index (κ3) is 3.42. The summed E-state index contributed by atoms with van der Waals surface area (Å²) in [4.78, 5) is 2.34. The molecular formula is C22H31NO2. The number of hydrogen-bond acceptors (Lipinski definition) is 3. The van der Waals surface area contributed by atoms with Crippen LogP contribution in [-0.4, -0.2) is 42.4 Å². The third-order valence-corrected chi connectivity index (χ3v) is 6.84. The molecule has 0 aromatic heterocycles. The van der Waals surface area contributed by atoms with Crippen molar-refractivity contribution in [3.8, 4) is 0 Å². The van der Waals surface area contributed by atoms with Gasteiger partial charge in [0.2, 0.25) is 0 Å². The standard InChI is InChI=1S/C22H31NO2/c1-22(2)19-8-7-18(21(22)11-19)14-25-15-20(24)13-23-10-9-16-5-3-4-6-17(16)12-23/h3-7,19-21,24H,8-15H2,1-2H3/t19-,20+,21+/m0/s1. The lowest BCUT2D eigenvalue weighted by molar-refractivity contribution is -0.0265. The Bertz CT molecular complexity index is 651. The van der Waals surface area contributed by atoms with Gasteiger partial charge in [-0.3, -0.25) is 4.90 Å². The number of nitrogens with zero attached hydrogens (tertiary/aromatic N) is 1. The molecule has 1 fully saturated rings. The lowest BCUT2D eigenvalue weighted by atomic mass is 9.49. The minimum Gasteiger partial charge on any atom is -0.389 e. The maximum Gasteiger partial charge on any atom is 0.0900 e. The Balaban J connectivity index is 1.21. The molecule has 2 bridgehead atoms. The normalized spacial score (nSPS) is 28.7. The van der Waals surface area contributed by atoms with Gasteiger partial charge in [-0.15, -0.1) is 0 Å². The van der Waals surface area contributed by atoms with Crippen molar-refractivity contribution in [3.63, 3.8) is 0 Å². The first-order valence-corrected chi connectivity index (χ1v) is 9.78. The Kier molecular flexibility index (Phi) is 4.74. The van der Waals surface area contributed by atoms with Crippen LogP contribution in [0.15, 0.2) is 35.9 Å². The molecule has 1 aliphatic heterocycles. The average Bonchev–Trinajstić information content (AvgIpc) is 2.61. The number of allylic oxidation sites excluding steroid dienone is 1. The van der Waals surface area contributed by atoms with E-state index in [-0.39, 0.29) is 0 Å². The van der Waals surface area contributed by atoms with Gasteiger partial charge < -0.3 is 9.84 Å². The van der Waals surface area contributed by atoms with Crippen molar-refractivity contribution < 1.29 is 9.84 Å². The SMILES string of the molecule is CC1(C)[C@H]2CC=C(COC[C@H](O)CN3CCc4ccccc4C3)[C@H]1C2. The van der Waals surface area contributed by atoms with Gasteiger partial charge in [0.1, 0.15) is 0 Å². The van der Waals surface area contributed by atoms with E-state index in [0.29, 0.717) is 31.1 Å². The minimum absolute atomic E-state index is 0.406. The summed E-state index contributed by atoms with van der Waals surface area (Å²) in [7, 11) is 0. The fourth-order valence-electron chi connectivity index (χ4n) is 5.01. The van der Waals surface area contributed by atoms with Crippen LogP contribution in [0.5, 0.6) is 0 Å². The zero-order valence-electron chi connectivity index (χ0n) is 15.6. The quantitative estimate of drug-likeness (QED) is 0.805. The van der Waals surface area contributed by atoms with E-state index >= 15 is 0 Å². The first kappa shape index (κ1) is 17.3. The van der Waals surface area contributed by atoms with E-state index in [1.165, 1.54) is 29.5 Å². The van der Waals surface area contributed by atoms with E-state index in [9.17, 15) is 5.11 Å². The van der Waals surface area contributed by atoms with Crippen LogP contribution in [0.4, 0.5) is 0 Å². The number of benzene rings is 1. The Morgan fingerprint density at radius 2 is 2.08 bits per heavy atom. The number of ether oxygens (including phenoxy) is 1. The predicted molar refractivity (Wildman–Crippen MR) is 100 cm³/mol. The lowest BCUT2D eigenvalue weighted by Crippen LogP contribution is -2.48. The lowest BCUT2D eigenvalue weighted by Gasteiger charge is -2.56. The summed E-state index contributed by atoms with van der Waals surface area (Å²) in [5.74, 6) is 1.57. The van der Waals surface area contributed by atoms with Gasteiger partial charge in [0.15, 0.2) is 0 Å². The largest absolute Gasteiger partial charge is 0.389 e. The number of hydrogen-bond donors (Lipinski definition) is 1. The molecule has 1 saturated carbocycles. The maximum absolute atomic E-state index is 10.4. The van der Waals surface area contributed by atoms with E-state index in [4.69, 9.17) is 4.74 Å². The van der Waals surface area contributed by atoms with Crippen LogP contribution in [0.25, 0.3) is 0 Å². The molecule has 0 spiro atoms. The van der Waals surface area contributed by atoms with Crippen LogP contribution in [0.1, 0.15) is 37.8 Å². The predicted octanol–water partition coefficient (Wildman–Crippen LogP) is 3.41. The van der Waals surface area contributed by atoms with Crippen LogP contribution in [0.3, 0.4) is 0 Å². The highest BCUT2D eigenvalue weighted by molar-refractivity contribution is 5.29. The highest BCUT2D eigenvalue weighted by Crippen LogP contribution is 2.59. The summed E-state index contributed by atoms with van der Waals surface area (Å²) in [6.45, 7) is 8.58. The third-order valence-electron chi connectivity index (χ3n) is 6.84. The Morgan fingerprint density at radius 1 is 1.28 bits per heavy atom. The molecule has 0 amide bonds. The van der Waals surface area contributed by atoms with Gasteiger partial charge in [-0.25, -0.2) is 0 Å². The summed E-state index contributed by atoms with van der Waals surface area (Å²) in [5.41, 5.74) is 4.77. The zero-order valence-corrected chi connectivity index (χ0v) is 15.6. The van der Waals surface area contributed by atoms with Gasteiger partial charge in [-0.1, -0.05) is 44.2 Å². The average molecular weight is 341 g/mol. The molecule has 1 heterocycles. The molecule has 3 heteroatoms. The van der Waals surface area contributed by atoms with Crippen molar-refractivity contribution in [2.75, 3.05) is 26.3 Å². The molecule has 1 N–H and O–H groups in total. The van der Waals surface area contributed by atoms with Crippen LogP contribution in [-0.2, 0) is 17.7 Å². The second kappa shape index (κ2) is 6.86. The number of aliphatic hydroxyl groups is 1. The maximum atomic E-state index is 10.4. The Labute approximate surface area is 151 Å². The zero-order chi connectivity index (χ0) is 17.4. The Morgan fingerprint density at radius 3 is 2.84 bits per heavy atom. The molecule has 4 aliphatic rings. The topological polar surface area (TPSA) is 32.7 Å². The molecule has 3 nitrogen and oxygen atoms in total. The van der Waals surface area contributed by atoms with Gasteiger partial charge in [0.05, 0.1) is 19.3 Å². The van der Waals surface area contributed by atoms with Gasteiger partial charge >= 0.3 is 0 Å². The molecule has 1 aromatic rings. The van der Waals surface area contributed by atoms with Gasteiger partial charge in [-0.2, -0.15) is 0 Å². The second-order valence-corrected chi connectivity index (χ2v) is 8.74. The van der Waals surface area contributed by atoms with E-state index in [1.807, 2.05) is 0 Å². The van der Waals surface area contributed by atoms with Crippen LogP contribution in [0, 0.1) is 17.3 Å². The summed E-state index contributed by atoms with van der Waals surface area (Å²) < 4.78 is 5.89. The van der Waals surface area contributed by atoms with Crippen molar-refractivity contribution in [1.82, 2.24) is 4.90 Å². The summed E-state index contributed by atoms with van der Waals surface area (Å²) >= 11 is 0. The molecule has 5 rings (SSSR count). The highest BCUT2D eigenvalue weighted by Gasteiger charge is 2.50. The molecule has 25 heavy (non-hydrogen) atoms. The van der Waals surface area contributed by atoms with Crippen molar-refractivity contribution in [2.24, 2.45) is 17.3 Å². The molecule has 0 saturated heterocycles. The summed E-state index contributed by atoms with van der Waals surface area (Å²) in [6.07, 6.45) is 5.60. The van der Waals surface area contributed by atoms with Crippen molar-refractivity contribution in [2.45, 2.75) is 45.8 Å². The van der Waals surface area contributed by atoms with E-state index in [0.717, 1.165) is 25.4 Å². The molecule has 3 atom stereocenters. The summed E-state index contributed by atoms with van der Waals surface area (Å²) in [5, 5.41) is 10.4. The molecule has 0 radical (unpaired) electrons. The first-order chi connectivity index (χ1) is 12.0. The van der Waals surface area contributed by atoms with E-state index in [2.05, 4.69) is 49.1 Å². The fraction of sp³-hybridized carbons (Fsp3) is 0.636. The van der Waals surface area contributed by atoms with E-state index in [1.54, 1.807) is 0 Å². The van der Waals surface area contributed by atoms with Gasteiger partial charge in [0, 0.05) is 19.6 Å². The monoisotopic (exact) mass is 341 g/mol. The van der Waals surface area contributed by atoms with Crippen molar-refractivity contribution in [3.05, 3.63) is 47.0 Å². The van der Waals surface area contributed by atoms with Crippen LogP contribution in [0.2, 0.25) is 0 Å². The minimum atomic E-state index is -0.406. The number of rotatable bonds is 6. The number of fused-ring (bicyclic) bond motifs is 2. The smallest absolute Gasteiger partial charge is 0.0900 e. The van der Waals surface area contributed by atoms with E-state index < -0.39 is 6.10 Å². The number of β-amino-alcohol motifs (C(OH)–C–C–N with tert-alkyl or cyclic N) is 1. The van der Waals surface area contributed by atoms with Crippen LogP contribution < -0.4 is 0 Å². The fourth-order valence-corrected chi connectivity index (χ4v) is 5.01. The molecule has 3 aliphatic carbocycles. The van der Waals surface area contributed by atoms with Gasteiger partial charge in [0.25, 0.3) is 0 Å². The van der Waals surface area contributed by atoms with Crippen molar-refractivity contribution in [1.29, 1.82) is 0 Å². The van der Waals surface area contributed by atoms with Gasteiger partial charge in [-0.05, 0) is 53.2 Å². The highest BCUT2D eigenvalue weighted by atomic mass is 16.5. The first-order valence-electron chi connectivity index (χ1n) is 9.78. The Hall–Kier alpha value is -1.16. The summed E-state index contributed by atoms with van der Waals surface area (Å²) in [6, 6.07) is 8.64. The molecule has 136 valence electrons. The van der Waals surface area contributed by atoms with Crippen LogP contribution >= 0.6 is 0 Å². The number of aliphatic hydroxyl groups excluding tert-OH is 1. The second-order valence-electron chi connectivity index (χ2n) is 8.74. The molecule has 0 unspecified atom stereocenters.